The normalized spacial score (nSPS) is 29.4. The standard InChI is InChI=1S/C18H24OS/c1-12(2)16-8-3-4-9-17(16)18(19)13-10-14-6-5-7-15(11-13)20-14/h3-4,8-9,12-15H,5-7,10-11H2,1-2H3. The maximum atomic E-state index is 12.9. The number of fused-ring (bicyclic) bond motifs is 2. The molecule has 108 valence electrons. The number of Topliss-reactive ketones (excluding diaryl/α,β-unsaturated/α-hetero) is 1. The van der Waals surface area contributed by atoms with Gasteiger partial charge in [0.15, 0.2) is 5.78 Å². The van der Waals surface area contributed by atoms with Gasteiger partial charge in [-0.3, -0.25) is 4.79 Å². The summed E-state index contributed by atoms with van der Waals surface area (Å²) in [4.78, 5) is 12.9. The van der Waals surface area contributed by atoms with Gasteiger partial charge in [-0.15, -0.1) is 0 Å². The fraction of sp³-hybridized carbons (Fsp3) is 0.611. The Morgan fingerprint density at radius 2 is 1.80 bits per heavy atom. The molecule has 1 aromatic carbocycles. The van der Waals surface area contributed by atoms with E-state index >= 15 is 0 Å². The van der Waals surface area contributed by atoms with Crippen molar-refractivity contribution in [2.75, 3.05) is 0 Å². The van der Waals surface area contributed by atoms with E-state index in [0.717, 1.165) is 28.9 Å². The molecule has 0 amide bonds. The number of benzene rings is 1. The lowest BCUT2D eigenvalue weighted by Crippen LogP contribution is -2.33. The number of ketones is 1. The molecule has 2 heterocycles. The number of thioether (sulfide) groups is 1. The average Bonchev–Trinajstić information content (AvgIpc) is 2.46. The Kier molecular flexibility index (Phi) is 4.21. The first-order valence-corrected chi connectivity index (χ1v) is 8.88. The van der Waals surface area contributed by atoms with Crippen molar-refractivity contribution in [3.63, 3.8) is 0 Å². The molecule has 2 saturated heterocycles. The van der Waals surface area contributed by atoms with Crippen molar-refractivity contribution in [2.45, 2.75) is 62.4 Å². The SMILES string of the molecule is CC(C)c1ccccc1C(=O)C1CC2CCCC(C1)S2. The Labute approximate surface area is 126 Å². The second kappa shape index (κ2) is 5.93. The molecule has 0 aliphatic carbocycles. The van der Waals surface area contributed by atoms with Gasteiger partial charge in [0.1, 0.15) is 0 Å². The molecule has 0 radical (unpaired) electrons. The van der Waals surface area contributed by atoms with Crippen LogP contribution in [0.2, 0.25) is 0 Å². The predicted molar refractivity (Wildman–Crippen MR) is 86.6 cm³/mol. The summed E-state index contributed by atoms with van der Waals surface area (Å²) < 4.78 is 0. The monoisotopic (exact) mass is 288 g/mol. The van der Waals surface area contributed by atoms with Gasteiger partial charge in [-0.2, -0.15) is 11.8 Å². The molecule has 2 atom stereocenters. The van der Waals surface area contributed by atoms with E-state index in [9.17, 15) is 4.79 Å². The van der Waals surface area contributed by atoms with Crippen molar-refractivity contribution in [1.82, 2.24) is 0 Å². The molecule has 0 spiro atoms. The third-order valence-electron chi connectivity index (χ3n) is 4.75. The lowest BCUT2D eigenvalue weighted by Gasteiger charge is -2.38. The van der Waals surface area contributed by atoms with Crippen LogP contribution in [0.25, 0.3) is 0 Å². The number of hydrogen-bond donors (Lipinski definition) is 0. The zero-order valence-electron chi connectivity index (χ0n) is 12.5. The summed E-state index contributed by atoms with van der Waals surface area (Å²) >= 11 is 2.15. The second-order valence-corrected chi connectivity index (χ2v) is 8.19. The topological polar surface area (TPSA) is 17.1 Å². The number of hydrogen-bond acceptors (Lipinski definition) is 2. The molecule has 0 aromatic heterocycles. The number of carbonyl (C=O) groups excluding carboxylic acids is 1. The molecule has 1 aromatic rings. The minimum absolute atomic E-state index is 0.270. The van der Waals surface area contributed by atoms with Crippen molar-refractivity contribution in [3.8, 4) is 0 Å². The van der Waals surface area contributed by atoms with Crippen LogP contribution < -0.4 is 0 Å². The molecular weight excluding hydrogens is 264 g/mol. The minimum Gasteiger partial charge on any atom is -0.294 e. The van der Waals surface area contributed by atoms with Gasteiger partial charge in [0, 0.05) is 22.0 Å². The maximum absolute atomic E-state index is 12.9. The van der Waals surface area contributed by atoms with Crippen molar-refractivity contribution in [3.05, 3.63) is 35.4 Å². The Balaban J connectivity index is 1.82. The van der Waals surface area contributed by atoms with Gasteiger partial charge < -0.3 is 0 Å². The summed E-state index contributed by atoms with van der Waals surface area (Å²) in [5, 5.41) is 1.48. The van der Waals surface area contributed by atoms with Gasteiger partial charge >= 0.3 is 0 Å². The minimum atomic E-state index is 0.270. The molecule has 3 rings (SSSR count). The first-order valence-electron chi connectivity index (χ1n) is 7.93. The summed E-state index contributed by atoms with van der Waals surface area (Å²) in [6.45, 7) is 4.36. The molecule has 0 N–H and O–H groups in total. The van der Waals surface area contributed by atoms with Gasteiger partial charge in [-0.1, -0.05) is 44.5 Å². The van der Waals surface area contributed by atoms with Gasteiger partial charge in [0.2, 0.25) is 0 Å². The predicted octanol–water partition coefficient (Wildman–Crippen LogP) is 5.06. The quantitative estimate of drug-likeness (QED) is 0.723. The van der Waals surface area contributed by atoms with Crippen molar-refractivity contribution in [2.24, 2.45) is 5.92 Å². The van der Waals surface area contributed by atoms with E-state index in [1.807, 2.05) is 12.1 Å². The molecular formula is C18H24OS. The highest BCUT2D eigenvalue weighted by atomic mass is 32.2. The highest BCUT2D eigenvalue weighted by Gasteiger charge is 2.36. The van der Waals surface area contributed by atoms with Crippen molar-refractivity contribution in [1.29, 1.82) is 0 Å². The van der Waals surface area contributed by atoms with Crippen molar-refractivity contribution >= 4 is 17.5 Å². The van der Waals surface area contributed by atoms with Gasteiger partial charge in [-0.05, 0) is 37.2 Å². The zero-order valence-corrected chi connectivity index (χ0v) is 13.3. The second-order valence-electron chi connectivity index (χ2n) is 6.59. The fourth-order valence-corrected chi connectivity index (χ4v) is 5.55. The number of carbonyl (C=O) groups is 1. The third kappa shape index (κ3) is 2.81. The van der Waals surface area contributed by atoms with Crippen LogP contribution in [0.1, 0.15) is 67.8 Å². The van der Waals surface area contributed by atoms with Crippen LogP contribution >= 0.6 is 11.8 Å². The number of rotatable bonds is 3. The van der Waals surface area contributed by atoms with Crippen LogP contribution in [0.4, 0.5) is 0 Å². The molecule has 2 aliphatic rings. The molecule has 2 unspecified atom stereocenters. The zero-order chi connectivity index (χ0) is 14.1. The van der Waals surface area contributed by atoms with Gasteiger partial charge in [0.05, 0.1) is 0 Å². The van der Waals surface area contributed by atoms with Gasteiger partial charge in [-0.25, -0.2) is 0 Å². The first kappa shape index (κ1) is 14.2. The Morgan fingerprint density at radius 1 is 1.15 bits per heavy atom. The Hall–Kier alpha value is -0.760. The van der Waals surface area contributed by atoms with Crippen LogP contribution in [0.3, 0.4) is 0 Å². The molecule has 2 fully saturated rings. The lowest BCUT2D eigenvalue weighted by molar-refractivity contribution is 0.0895. The molecule has 2 bridgehead atoms. The summed E-state index contributed by atoms with van der Waals surface area (Å²) in [7, 11) is 0. The van der Waals surface area contributed by atoms with Crippen LogP contribution in [-0.4, -0.2) is 16.3 Å². The molecule has 0 saturated carbocycles. The van der Waals surface area contributed by atoms with Gasteiger partial charge in [0.25, 0.3) is 0 Å². The van der Waals surface area contributed by atoms with Crippen molar-refractivity contribution < 1.29 is 4.79 Å². The molecule has 20 heavy (non-hydrogen) atoms. The summed E-state index contributed by atoms with van der Waals surface area (Å²) in [5.41, 5.74) is 2.21. The lowest BCUT2D eigenvalue weighted by atomic mass is 9.82. The van der Waals surface area contributed by atoms with Crippen LogP contribution in [0, 0.1) is 5.92 Å². The van der Waals surface area contributed by atoms with E-state index < -0.39 is 0 Å². The fourth-order valence-electron chi connectivity index (χ4n) is 3.72. The largest absolute Gasteiger partial charge is 0.294 e. The summed E-state index contributed by atoms with van der Waals surface area (Å²) in [6, 6.07) is 8.22. The molecule has 2 heteroatoms. The van der Waals surface area contributed by atoms with Crippen LogP contribution in [0.5, 0.6) is 0 Å². The van der Waals surface area contributed by atoms with Crippen LogP contribution in [-0.2, 0) is 0 Å². The van der Waals surface area contributed by atoms with E-state index in [1.165, 1.54) is 24.8 Å². The smallest absolute Gasteiger partial charge is 0.166 e. The molecule has 1 nitrogen and oxygen atoms in total. The summed E-state index contributed by atoms with van der Waals surface area (Å²) in [5.74, 6) is 1.10. The highest BCUT2D eigenvalue weighted by molar-refractivity contribution is 8.00. The third-order valence-corrected chi connectivity index (χ3v) is 6.38. The molecule has 2 aliphatic heterocycles. The van der Waals surface area contributed by atoms with E-state index in [-0.39, 0.29) is 5.92 Å². The van der Waals surface area contributed by atoms with Crippen LogP contribution in [0.15, 0.2) is 24.3 Å². The highest BCUT2D eigenvalue weighted by Crippen LogP contribution is 2.45. The van der Waals surface area contributed by atoms with E-state index in [1.54, 1.807) is 0 Å². The Morgan fingerprint density at radius 3 is 2.45 bits per heavy atom. The maximum Gasteiger partial charge on any atom is 0.166 e. The van der Waals surface area contributed by atoms with E-state index in [2.05, 4.69) is 37.7 Å². The Bertz CT molecular complexity index is 482. The average molecular weight is 288 g/mol. The van der Waals surface area contributed by atoms with E-state index in [0.29, 0.717) is 11.7 Å². The van der Waals surface area contributed by atoms with E-state index in [4.69, 9.17) is 0 Å². The summed E-state index contributed by atoms with van der Waals surface area (Å²) in [6.07, 6.45) is 6.21. The first-order chi connectivity index (χ1) is 9.65.